The van der Waals surface area contributed by atoms with E-state index in [1.807, 2.05) is 0 Å². The molecule has 0 aliphatic carbocycles. The molecule has 0 saturated carbocycles. The molecular weight excluding hydrogens is 228 g/mol. The van der Waals surface area contributed by atoms with Crippen LogP contribution in [0.1, 0.15) is 20.7 Å². The molecule has 0 aromatic heterocycles. The summed E-state index contributed by atoms with van der Waals surface area (Å²) in [6, 6.07) is 3.71. The van der Waals surface area contributed by atoms with Crippen LogP contribution >= 0.6 is 0 Å². The average Bonchev–Trinajstić information content (AvgIpc) is 2.25. The van der Waals surface area contributed by atoms with Crippen molar-refractivity contribution in [2.45, 2.75) is 0 Å². The second-order valence-corrected chi connectivity index (χ2v) is 3.19. The molecule has 0 spiro atoms. The monoisotopic (exact) mass is 238 g/mol. The van der Waals surface area contributed by atoms with Crippen molar-refractivity contribution < 1.29 is 24.6 Å². The van der Waals surface area contributed by atoms with E-state index in [0.29, 0.717) is 0 Å². The lowest BCUT2D eigenvalue weighted by Crippen LogP contribution is -2.30. The van der Waals surface area contributed by atoms with Crippen LogP contribution in [0.5, 0.6) is 0 Å². The molecule has 0 bridgehead atoms. The first kappa shape index (κ1) is 12.5. The molecule has 0 heterocycles. The molecular formula is C10H10N2O5. The third kappa shape index (κ3) is 3.20. The van der Waals surface area contributed by atoms with E-state index >= 15 is 0 Å². The Morgan fingerprint density at radius 3 is 2.35 bits per heavy atom. The van der Waals surface area contributed by atoms with Crippen LogP contribution in [0.25, 0.3) is 0 Å². The minimum Gasteiger partial charge on any atom is -0.480 e. The second-order valence-electron chi connectivity index (χ2n) is 3.19. The van der Waals surface area contributed by atoms with Gasteiger partial charge in [0.2, 0.25) is 0 Å². The fourth-order valence-corrected chi connectivity index (χ4v) is 1.19. The molecule has 0 fully saturated rings. The molecule has 17 heavy (non-hydrogen) atoms. The molecule has 0 aliphatic rings. The summed E-state index contributed by atoms with van der Waals surface area (Å²) in [6.45, 7) is -0.591. The van der Waals surface area contributed by atoms with Gasteiger partial charge in [-0.15, -0.1) is 0 Å². The number of carboxylic acids is 2. The zero-order valence-corrected chi connectivity index (χ0v) is 8.64. The predicted octanol–water partition coefficient (Wildman–Crippen LogP) is -0.219. The van der Waals surface area contributed by atoms with Gasteiger partial charge in [-0.3, -0.25) is 9.59 Å². The van der Waals surface area contributed by atoms with Crippen LogP contribution in [0.3, 0.4) is 0 Å². The van der Waals surface area contributed by atoms with E-state index < -0.39 is 24.4 Å². The highest BCUT2D eigenvalue weighted by molar-refractivity contribution is 6.06. The molecule has 0 radical (unpaired) electrons. The molecule has 7 nitrogen and oxygen atoms in total. The van der Waals surface area contributed by atoms with E-state index in [0.717, 1.165) is 0 Å². The number of anilines is 1. The van der Waals surface area contributed by atoms with Gasteiger partial charge >= 0.3 is 11.9 Å². The summed E-state index contributed by atoms with van der Waals surface area (Å²) < 4.78 is 0. The standard InChI is InChI=1S/C10H10N2O5/c11-5-1-2-6(10(16)17)7(3-5)9(15)12-4-8(13)14/h1-3H,4,11H2,(H,12,15)(H,13,14)(H,16,17). The van der Waals surface area contributed by atoms with Crippen LogP contribution in [0, 0.1) is 0 Å². The van der Waals surface area contributed by atoms with Gasteiger partial charge in [-0.25, -0.2) is 4.79 Å². The predicted molar refractivity (Wildman–Crippen MR) is 57.8 cm³/mol. The molecule has 1 amide bonds. The van der Waals surface area contributed by atoms with E-state index in [4.69, 9.17) is 15.9 Å². The molecule has 1 aromatic rings. The molecule has 0 unspecified atom stereocenters. The summed E-state index contributed by atoms with van der Waals surface area (Å²) >= 11 is 0. The second kappa shape index (κ2) is 4.97. The van der Waals surface area contributed by atoms with Crippen LogP contribution in [-0.2, 0) is 4.79 Å². The van der Waals surface area contributed by atoms with Gasteiger partial charge in [0.1, 0.15) is 6.54 Å². The Bertz CT molecular complexity index is 484. The summed E-state index contributed by atoms with van der Waals surface area (Å²) in [5, 5.41) is 19.3. The third-order valence-electron chi connectivity index (χ3n) is 1.92. The zero-order valence-electron chi connectivity index (χ0n) is 8.64. The van der Waals surface area contributed by atoms with Crippen molar-refractivity contribution in [2.75, 3.05) is 12.3 Å². The van der Waals surface area contributed by atoms with Crippen molar-refractivity contribution in [2.24, 2.45) is 0 Å². The molecule has 5 N–H and O–H groups in total. The summed E-state index contributed by atoms with van der Waals surface area (Å²) in [5.74, 6) is -3.30. The van der Waals surface area contributed by atoms with Crippen LogP contribution < -0.4 is 11.1 Å². The largest absolute Gasteiger partial charge is 0.480 e. The van der Waals surface area contributed by atoms with Crippen LogP contribution in [0.15, 0.2) is 18.2 Å². The number of nitrogens with one attached hydrogen (secondary N) is 1. The first-order valence-electron chi connectivity index (χ1n) is 4.54. The minimum absolute atomic E-state index is 0.168. The highest BCUT2D eigenvalue weighted by Gasteiger charge is 2.17. The van der Waals surface area contributed by atoms with E-state index in [-0.39, 0.29) is 16.8 Å². The third-order valence-corrected chi connectivity index (χ3v) is 1.92. The van der Waals surface area contributed by atoms with Gasteiger partial charge in [0.25, 0.3) is 5.91 Å². The van der Waals surface area contributed by atoms with E-state index in [1.54, 1.807) is 0 Å². The molecule has 1 rings (SSSR count). The van der Waals surface area contributed by atoms with Gasteiger partial charge in [-0.1, -0.05) is 0 Å². The van der Waals surface area contributed by atoms with Crippen LogP contribution in [0.2, 0.25) is 0 Å². The minimum atomic E-state index is -1.29. The van der Waals surface area contributed by atoms with Gasteiger partial charge in [-0.2, -0.15) is 0 Å². The lowest BCUT2D eigenvalue weighted by atomic mass is 10.1. The van der Waals surface area contributed by atoms with Crippen LogP contribution in [0.4, 0.5) is 5.69 Å². The molecule has 0 aliphatic heterocycles. The van der Waals surface area contributed by atoms with Crippen molar-refractivity contribution in [3.8, 4) is 0 Å². The number of carbonyl (C=O) groups is 3. The fourth-order valence-electron chi connectivity index (χ4n) is 1.19. The highest BCUT2D eigenvalue weighted by Crippen LogP contribution is 2.13. The zero-order chi connectivity index (χ0) is 13.0. The Labute approximate surface area is 95.9 Å². The van der Waals surface area contributed by atoms with E-state index in [1.165, 1.54) is 18.2 Å². The van der Waals surface area contributed by atoms with Gasteiger partial charge < -0.3 is 21.3 Å². The Balaban J connectivity index is 3.02. The van der Waals surface area contributed by atoms with Crippen molar-refractivity contribution in [1.82, 2.24) is 5.32 Å². The normalized spacial score (nSPS) is 9.65. The van der Waals surface area contributed by atoms with Crippen molar-refractivity contribution >= 4 is 23.5 Å². The number of nitrogens with two attached hydrogens (primary N) is 1. The summed E-state index contributed by atoms with van der Waals surface area (Å²) in [4.78, 5) is 32.6. The number of hydrogen-bond acceptors (Lipinski definition) is 4. The van der Waals surface area contributed by atoms with Crippen LogP contribution in [-0.4, -0.2) is 34.6 Å². The maximum Gasteiger partial charge on any atom is 0.336 e. The van der Waals surface area contributed by atoms with Gasteiger partial charge in [0.05, 0.1) is 11.1 Å². The quantitative estimate of drug-likeness (QED) is 0.536. The summed E-state index contributed by atoms with van der Waals surface area (Å²) in [6.07, 6.45) is 0. The van der Waals surface area contributed by atoms with Crippen molar-refractivity contribution in [3.05, 3.63) is 29.3 Å². The van der Waals surface area contributed by atoms with Gasteiger partial charge in [0.15, 0.2) is 0 Å². The first-order chi connectivity index (χ1) is 7.91. The summed E-state index contributed by atoms with van der Waals surface area (Å²) in [7, 11) is 0. The van der Waals surface area contributed by atoms with E-state index in [9.17, 15) is 14.4 Å². The van der Waals surface area contributed by atoms with E-state index in [2.05, 4.69) is 5.32 Å². The number of amides is 1. The highest BCUT2D eigenvalue weighted by atomic mass is 16.4. The maximum absolute atomic E-state index is 11.5. The molecule has 7 heteroatoms. The van der Waals surface area contributed by atoms with Gasteiger partial charge in [0, 0.05) is 5.69 Å². The SMILES string of the molecule is Nc1ccc(C(=O)O)c(C(=O)NCC(=O)O)c1. The number of carbonyl (C=O) groups excluding carboxylic acids is 1. The smallest absolute Gasteiger partial charge is 0.336 e. The lowest BCUT2D eigenvalue weighted by Gasteiger charge is -2.06. The first-order valence-corrected chi connectivity index (χ1v) is 4.54. The number of aromatic carboxylic acids is 1. The average molecular weight is 238 g/mol. The van der Waals surface area contributed by atoms with Crippen molar-refractivity contribution in [3.63, 3.8) is 0 Å². The Kier molecular flexibility index (Phi) is 3.66. The maximum atomic E-state index is 11.5. The number of rotatable bonds is 4. The molecule has 90 valence electrons. The molecule has 0 atom stereocenters. The topological polar surface area (TPSA) is 130 Å². The van der Waals surface area contributed by atoms with Gasteiger partial charge in [-0.05, 0) is 18.2 Å². The Hall–Kier alpha value is -2.57. The molecule has 1 aromatic carbocycles. The molecule has 0 saturated heterocycles. The number of aliphatic carboxylic acids is 1. The fraction of sp³-hybridized carbons (Fsp3) is 0.100. The Morgan fingerprint density at radius 1 is 1.18 bits per heavy atom. The number of benzene rings is 1. The number of nitrogen functional groups attached to an aromatic ring is 1. The Morgan fingerprint density at radius 2 is 1.82 bits per heavy atom. The van der Waals surface area contributed by atoms with Crippen molar-refractivity contribution in [1.29, 1.82) is 0 Å². The number of hydrogen-bond donors (Lipinski definition) is 4. The summed E-state index contributed by atoms with van der Waals surface area (Å²) in [5.41, 5.74) is 5.25. The lowest BCUT2D eigenvalue weighted by molar-refractivity contribution is -0.135. The number of carboxylic acid groups (broad SMARTS) is 2.